The number of carbonyl (C=O) groups excluding carboxylic acids is 1. The lowest BCUT2D eigenvalue weighted by Crippen LogP contribution is -2.45. The number of rotatable bonds is 3. The van der Waals surface area contributed by atoms with Crippen LogP contribution in [0.15, 0.2) is 18.2 Å². The first-order valence-corrected chi connectivity index (χ1v) is 8.15. The summed E-state index contributed by atoms with van der Waals surface area (Å²) in [5.41, 5.74) is 6.57. The fraction of sp³-hybridized carbons (Fsp3) is 0.500. The first-order valence-electron chi connectivity index (χ1n) is 7.78. The van der Waals surface area contributed by atoms with Gasteiger partial charge in [0.05, 0.1) is 12.6 Å². The molecule has 0 saturated carbocycles. The molecule has 0 unspecified atom stereocenters. The molecule has 0 aliphatic carbocycles. The molecule has 11 heteroatoms. The minimum atomic E-state index is -5.08. The number of benzene rings is 1. The Labute approximate surface area is 156 Å². The van der Waals surface area contributed by atoms with E-state index in [1.54, 1.807) is 6.92 Å². The standard InChI is InChI=1S/C14H17ClF2N2O.C2HF3O2/c1-8(11-3-2-9(16)6-12(11)15)13(18)14(20)19-5-4-10(17)7-19;3-2(4,5)1(6)7/h2-3,6,8,10,13H,4-5,7,18H2,1H3;(H,6,7)/t8-,10-,13-;/m0./s1. The maximum absolute atomic E-state index is 13.1. The molecule has 0 spiro atoms. The molecule has 1 heterocycles. The van der Waals surface area contributed by atoms with Gasteiger partial charge in [-0.3, -0.25) is 4.79 Å². The Balaban J connectivity index is 0.000000445. The molecule has 27 heavy (non-hydrogen) atoms. The van der Waals surface area contributed by atoms with Crippen molar-refractivity contribution in [1.29, 1.82) is 0 Å². The van der Waals surface area contributed by atoms with Gasteiger partial charge >= 0.3 is 12.1 Å². The SMILES string of the molecule is C[C@@H](c1ccc(F)cc1Cl)[C@H](N)C(=O)N1CC[C@H](F)C1.O=C(O)C(F)(F)F. The van der Waals surface area contributed by atoms with E-state index in [-0.39, 0.29) is 23.4 Å². The highest BCUT2D eigenvalue weighted by Crippen LogP contribution is 2.28. The molecule has 1 aliphatic rings. The average molecular weight is 417 g/mol. The van der Waals surface area contributed by atoms with Crippen LogP contribution in [-0.2, 0) is 9.59 Å². The van der Waals surface area contributed by atoms with E-state index in [1.807, 2.05) is 0 Å². The van der Waals surface area contributed by atoms with Crippen LogP contribution in [0.5, 0.6) is 0 Å². The van der Waals surface area contributed by atoms with Gasteiger partial charge in [-0.1, -0.05) is 24.6 Å². The first-order chi connectivity index (χ1) is 12.3. The predicted molar refractivity (Wildman–Crippen MR) is 87.6 cm³/mol. The number of hydrogen-bond acceptors (Lipinski definition) is 3. The van der Waals surface area contributed by atoms with Crippen molar-refractivity contribution in [1.82, 2.24) is 4.90 Å². The lowest BCUT2D eigenvalue weighted by atomic mass is 9.93. The van der Waals surface area contributed by atoms with Gasteiger partial charge in [-0.25, -0.2) is 13.6 Å². The quantitative estimate of drug-likeness (QED) is 0.742. The summed E-state index contributed by atoms with van der Waals surface area (Å²) < 4.78 is 57.9. The zero-order valence-electron chi connectivity index (χ0n) is 14.1. The second kappa shape index (κ2) is 9.32. The number of halogens is 6. The number of amides is 1. The fourth-order valence-electron chi connectivity index (χ4n) is 2.41. The van der Waals surface area contributed by atoms with Crippen LogP contribution in [-0.4, -0.2) is 53.4 Å². The zero-order chi connectivity index (χ0) is 20.9. The van der Waals surface area contributed by atoms with E-state index in [4.69, 9.17) is 27.2 Å². The molecular weight excluding hydrogens is 399 g/mol. The van der Waals surface area contributed by atoms with E-state index < -0.39 is 30.2 Å². The summed E-state index contributed by atoms with van der Waals surface area (Å²) in [6.07, 6.45) is -5.71. The average Bonchev–Trinajstić information content (AvgIpc) is 2.99. The molecule has 152 valence electrons. The highest BCUT2D eigenvalue weighted by molar-refractivity contribution is 6.31. The van der Waals surface area contributed by atoms with Gasteiger partial charge in [0, 0.05) is 17.5 Å². The molecule has 0 bridgehead atoms. The van der Waals surface area contributed by atoms with Crippen molar-refractivity contribution < 1.29 is 36.6 Å². The number of nitrogens with two attached hydrogens (primary N) is 1. The second-order valence-corrected chi connectivity index (χ2v) is 6.36. The summed E-state index contributed by atoms with van der Waals surface area (Å²) in [6, 6.07) is 3.18. The van der Waals surface area contributed by atoms with Gasteiger partial charge in [-0.2, -0.15) is 13.2 Å². The number of carboxylic acid groups (broad SMARTS) is 1. The van der Waals surface area contributed by atoms with E-state index >= 15 is 0 Å². The van der Waals surface area contributed by atoms with Crippen LogP contribution in [0.3, 0.4) is 0 Å². The minimum Gasteiger partial charge on any atom is -0.475 e. The van der Waals surface area contributed by atoms with E-state index in [1.165, 1.54) is 23.1 Å². The Kier molecular flexibility index (Phi) is 7.97. The number of likely N-dealkylation sites (tertiary alicyclic amines) is 1. The molecule has 3 N–H and O–H groups in total. The van der Waals surface area contributed by atoms with Crippen molar-refractivity contribution in [2.24, 2.45) is 5.73 Å². The van der Waals surface area contributed by atoms with Crippen molar-refractivity contribution in [3.8, 4) is 0 Å². The number of hydrogen-bond donors (Lipinski definition) is 2. The Morgan fingerprint density at radius 2 is 1.93 bits per heavy atom. The summed E-state index contributed by atoms with van der Waals surface area (Å²) in [5, 5.41) is 7.37. The molecule has 5 nitrogen and oxygen atoms in total. The summed E-state index contributed by atoms with van der Waals surface area (Å²) in [4.78, 5) is 22.5. The molecule has 1 aromatic rings. The van der Waals surface area contributed by atoms with Gasteiger partial charge in [0.25, 0.3) is 0 Å². The third kappa shape index (κ3) is 6.62. The van der Waals surface area contributed by atoms with Crippen LogP contribution >= 0.6 is 11.6 Å². The third-order valence-electron chi connectivity index (χ3n) is 3.96. The van der Waals surface area contributed by atoms with E-state index in [0.29, 0.717) is 18.5 Å². The molecule has 1 aliphatic heterocycles. The highest BCUT2D eigenvalue weighted by Gasteiger charge is 2.38. The maximum Gasteiger partial charge on any atom is 0.490 e. The van der Waals surface area contributed by atoms with Gasteiger partial charge in [-0.15, -0.1) is 0 Å². The Morgan fingerprint density at radius 3 is 2.33 bits per heavy atom. The van der Waals surface area contributed by atoms with E-state index in [2.05, 4.69) is 0 Å². The van der Waals surface area contributed by atoms with Crippen LogP contribution in [0.25, 0.3) is 0 Å². The molecule has 0 aromatic heterocycles. The van der Waals surface area contributed by atoms with Crippen LogP contribution in [0.1, 0.15) is 24.8 Å². The van der Waals surface area contributed by atoms with Gasteiger partial charge in [0.1, 0.15) is 12.0 Å². The van der Waals surface area contributed by atoms with Gasteiger partial charge < -0.3 is 15.7 Å². The third-order valence-corrected chi connectivity index (χ3v) is 4.29. The lowest BCUT2D eigenvalue weighted by Gasteiger charge is -2.25. The van der Waals surface area contributed by atoms with Gasteiger partial charge in [-0.05, 0) is 24.1 Å². The van der Waals surface area contributed by atoms with Crippen molar-refractivity contribution >= 4 is 23.5 Å². The summed E-state index contributed by atoms with van der Waals surface area (Å²) in [6.45, 7) is 2.23. The molecule has 2 rings (SSSR count). The van der Waals surface area contributed by atoms with Crippen molar-refractivity contribution in [3.05, 3.63) is 34.6 Å². The second-order valence-electron chi connectivity index (χ2n) is 5.95. The van der Waals surface area contributed by atoms with Crippen LogP contribution in [0.4, 0.5) is 22.0 Å². The minimum absolute atomic E-state index is 0.0937. The number of carbonyl (C=O) groups is 2. The summed E-state index contributed by atoms with van der Waals surface area (Å²) >= 11 is 5.98. The Bertz CT molecular complexity index is 687. The molecule has 3 atom stereocenters. The Morgan fingerprint density at radius 1 is 1.37 bits per heavy atom. The largest absolute Gasteiger partial charge is 0.490 e. The topological polar surface area (TPSA) is 83.6 Å². The monoisotopic (exact) mass is 416 g/mol. The predicted octanol–water partition coefficient (Wildman–Crippen LogP) is 3.11. The molecule has 1 saturated heterocycles. The molecular formula is C16H18ClF5N2O3. The summed E-state index contributed by atoms with van der Waals surface area (Å²) in [5.74, 6) is -3.86. The number of aliphatic carboxylic acids is 1. The van der Waals surface area contributed by atoms with Crippen LogP contribution in [0.2, 0.25) is 5.02 Å². The van der Waals surface area contributed by atoms with Crippen molar-refractivity contribution in [2.45, 2.75) is 37.7 Å². The smallest absolute Gasteiger partial charge is 0.475 e. The highest BCUT2D eigenvalue weighted by atomic mass is 35.5. The first kappa shape index (κ1) is 23.1. The van der Waals surface area contributed by atoms with Crippen molar-refractivity contribution in [2.75, 3.05) is 13.1 Å². The lowest BCUT2D eigenvalue weighted by molar-refractivity contribution is -0.192. The van der Waals surface area contributed by atoms with E-state index in [9.17, 15) is 26.7 Å². The molecule has 1 amide bonds. The normalized spacial score (nSPS) is 19.1. The maximum atomic E-state index is 13.1. The number of carboxylic acids is 1. The fourth-order valence-corrected chi connectivity index (χ4v) is 2.75. The van der Waals surface area contributed by atoms with Gasteiger partial charge in [0.2, 0.25) is 5.91 Å². The summed E-state index contributed by atoms with van der Waals surface area (Å²) in [7, 11) is 0. The zero-order valence-corrected chi connectivity index (χ0v) is 14.9. The number of alkyl halides is 4. The number of nitrogens with zero attached hydrogens (tertiary/aromatic N) is 1. The molecule has 1 aromatic carbocycles. The molecule has 1 fully saturated rings. The molecule has 0 radical (unpaired) electrons. The van der Waals surface area contributed by atoms with Gasteiger partial charge in [0.15, 0.2) is 0 Å². The van der Waals surface area contributed by atoms with Crippen molar-refractivity contribution in [3.63, 3.8) is 0 Å². The van der Waals surface area contributed by atoms with Crippen LogP contribution in [0, 0.1) is 5.82 Å². The van der Waals surface area contributed by atoms with E-state index in [0.717, 1.165) is 0 Å². The van der Waals surface area contributed by atoms with Crippen LogP contribution < -0.4 is 5.73 Å². The Hall–Kier alpha value is -1.94.